The summed E-state index contributed by atoms with van der Waals surface area (Å²) in [5.74, 6) is 0. The summed E-state index contributed by atoms with van der Waals surface area (Å²) in [4.78, 5) is 2.33. The Balaban J connectivity index is 2.65. The molecule has 0 amide bonds. The van der Waals surface area contributed by atoms with Crippen molar-refractivity contribution < 1.29 is 0 Å². The fourth-order valence-electron chi connectivity index (χ4n) is 0.697. The van der Waals surface area contributed by atoms with Crippen LogP contribution in [0.5, 0.6) is 0 Å². The van der Waals surface area contributed by atoms with Gasteiger partial charge in [0, 0.05) is 10.4 Å². The molecule has 0 heterocycles. The maximum absolute atomic E-state index is 5.52. The van der Waals surface area contributed by atoms with Gasteiger partial charge in [-0.2, -0.15) is 0 Å². The van der Waals surface area contributed by atoms with E-state index < -0.39 is 0 Å². The SMILES string of the molecule is C/C(=C/Cl)Sc1ccccc1. The van der Waals surface area contributed by atoms with Gasteiger partial charge in [0.25, 0.3) is 0 Å². The normalized spacial score (nSPS) is 11.6. The van der Waals surface area contributed by atoms with Gasteiger partial charge in [0.2, 0.25) is 0 Å². The third-order valence-electron chi connectivity index (χ3n) is 1.18. The van der Waals surface area contributed by atoms with E-state index in [0.717, 1.165) is 4.91 Å². The molecule has 0 aliphatic rings. The van der Waals surface area contributed by atoms with Crippen molar-refractivity contribution in [3.8, 4) is 0 Å². The summed E-state index contributed by atoms with van der Waals surface area (Å²) >= 11 is 7.19. The number of halogens is 1. The number of hydrogen-bond donors (Lipinski definition) is 0. The lowest BCUT2D eigenvalue weighted by Crippen LogP contribution is -1.68. The van der Waals surface area contributed by atoms with Crippen LogP contribution in [-0.2, 0) is 0 Å². The van der Waals surface area contributed by atoms with Crippen LogP contribution in [0.3, 0.4) is 0 Å². The predicted molar refractivity (Wildman–Crippen MR) is 51.9 cm³/mol. The first kappa shape index (κ1) is 8.69. The topological polar surface area (TPSA) is 0 Å². The van der Waals surface area contributed by atoms with E-state index in [1.165, 1.54) is 4.90 Å². The molecule has 0 radical (unpaired) electrons. The van der Waals surface area contributed by atoms with Crippen LogP contribution in [0, 0.1) is 0 Å². The lowest BCUT2D eigenvalue weighted by molar-refractivity contribution is 1.46. The zero-order chi connectivity index (χ0) is 8.10. The monoisotopic (exact) mass is 184 g/mol. The quantitative estimate of drug-likeness (QED) is 0.629. The second kappa shape index (κ2) is 4.47. The molecule has 0 aromatic heterocycles. The highest BCUT2D eigenvalue weighted by atomic mass is 35.5. The van der Waals surface area contributed by atoms with Gasteiger partial charge >= 0.3 is 0 Å². The summed E-state index contributed by atoms with van der Waals surface area (Å²) in [6, 6.07) is 10.2. The number of thioether (sulfide) groups is 1. The average molecular weight is 185 g/mol. The number of benzene rings is 1. The lowest BCUT2D eigenvalue weighted by Gasteiger charge is -1.97. The summed E-state index contributed by atoms with van der Waals surface area (Å²) in [6.45, 7) is 1.99. The lowest BCUT2D eigenvalue weighted by atomic mass is 10.4. The molecule has 1 aromatic rings. The summed E-state index contributed by atoms with van der Waals surface area (Å²) in [5, 5.41) is 0. The van der Waals surface area contributed by atoms with E-state index in [9.17, 15) is 0 Å². The van der Waals surface area contributed by atoms with Gasteiger partial charge in [-0.25, -0.2) is 0 Å². The first-order chi connectivity index (χ1) is 5.33. The highest BCUT2D eigenvalue weighted by Crippen LogP contribution is 2.25. The highest BCUT2D eigenvalue weighted by Gasteiger charge is 1.91. The van der Waals surface area contributed by atoms with Crippen LogP contribution in [0.15, 0.2) is 45.7 Å². The van der Waals surface area contributed by atoms with E-state index >= 15 is 0 Å². The van der Waals surface area contributed by atoms with Crippen molar-refractivity contribution in [2.45, 2.75) is 11.8 Å². The Morgan fingerprint density at radius 2 is 2.00 bits per heavy atom. The van der Waals surface area contributed by atoms with Gasteiger partial charge in [0.05, 0.1) is 0 Å². The van der Waals surface area contributed by atoms with Gasteiger partial charge in [-0.1, -0.05) is 41.6 Å². The summed E-state index contributed by atoms with van der Waals surface area (Å²) < 4.78 is 0. The van der Waals surface area contributed by atoms with Gasteiger partial charge in [-0.3, -0.25) is 0 Å². The minimum Gasteiger partial charge on any atom is -0.0939 e. The molecule has 0 bridgehead atoms. The molecule has 0 nitrogen and oxygen atoms in total. The van der Waals surface area contributed by atoms with Gasteiger partial charge in [0.15, 0.2) is 0 Å². The first-order valence-electron chi connectivity index (χ1n) is 3.33. The molecular weight excluding hydrogens is 176 g/mol. The molecule has 0 unspecified atom stereocenters. The minimum atomic E-state index is 1.11. The van der Waals surface area contributed by atoms with Crippen molar-refractivity contribution in [2.75, 3.05) is 0 Å². The molecule has 0 fully saturated rings. The van der Waals surface area contributed by atoms with E-state index in [2.05, 4.69) is 12.1 Å². The fraction of sp³-hybridized carbons (Fsp3) is 0.111. The number of allylic oxidation sites excluding steroid dienone is 1. The van der Waals surface area contributed by atoms with Crippen LogP contribution in [0.2, 0.25) is 0 Å². The largest absolute Gasteiger partial charge is 0.0939 e. The Kier molecular flexibility index (Phi) is 3.53. The fourth-order valence-corrected chi connectivity index (χ4v) is 1.54. The first-order valence-corrected chi connectivity index (χ1v) is 4.58. The number of hydrogen-bond acceptors (Lipinski definition) is 1. The average Bonchev–Trinajstić information content (AvgIpc) is 2.06. The molecule has 0 atom stereocenters. The van der Waals surface area contributed by atoms with E-state index in [0.29, 0.717) is 0 Å². The maximum atomic E-state index is 5.52. The summed E-state index contributed by atoms with van der Waals surface area (Å²) in [5.41, 5.74) is 1.59. The van der Waals surface area contributed by atoms with Crippen molar-refractivity contribution in [3.05, 3.63) is 40.8 Å². The molecule has 2 heteroatoms. The van der Waals surface area contributed by atoms with Crippen LogP contribution in [0.4, 0.5) is 0 Å². The van der Waals surface area contributed by atoms with E-state index in [1.54, 1.807) is 17.3 Å². The second-order valence-corrected chi connectivity index (χ2v) is 3.67. The van der Waals surface area contributed by atoms with Gasteiger partial charge in [-0.15, -0.1) is 0 Å². The Morgan fingerprint density at radius 1 is 1.36 bits per heavy atom. The molecule has 58 valence electrons. The Morgan fingerprint density at radius 3 is 2.55 bits per heavy atom. The third kappa shape index (κ3) is 3.00. The van der Waals surface area contributed by atoms with Gasteiger partial charge in [-0.05, 0) is 24.0 Å². The van der Waals surface area contributed by atoms with E-state index in [1.807, 2.05) is 25.1 Å². The van der Waals surface area contributed by atoms with Crippen molar-refractivity contribution in [3.63, 3.8) is 0 Å². The van der Waals surface area contributed by atoms with Crippen molar-refractivity contribution in [1.29, 1.82) is 0 Å². The zero-order valence-corrected chi connectivity index (χ0v) is 7.82. The molecule has 11 heavy (non-hydrogen) atoms. The smallest absolute Gasteiger partial charge is 0.0138 e. The summed E-state index contributed by atoms with van der Waals surface area (Å²) in [6.07, 6.45) is 0. The molecule has 0 saturated carbocycles. The maximum Gasteiger partial charge on any atom is 0.0138 e. The molecule has 0 saturated heterocycles. The van der Waals surface area contributed by atoms with Crippen molar-refractivity contribution in [2.24, 2.45) is 0 Å². The molecule has 0 aliphatic carbocycles. The summed E-state index contributed by atoms with van der Waals surface area (Å²) in [7, 11) is 0. The molecule has 0 aliphatic heterocycles. The van der Waals surface area contributed by atoms with Gasteiger partial charge in [0.1, 0.15) is 0 Å². The minimum absolute atomic E-state index is 1.11. The Hall–Kier alpha value is -0.400. The van der Waals surface area contributed by atoms with Crippen LogP contribution < -0.4 is 0 Å². The van der Waals surface area contributed by atoms with Crippen LogP contribution in [-0.4, -0.2) is 0 Å². The second-order valence-electron chi connectivity index (χ2n) is 2.13. The molecule has 0 N–H and O–H groups in total. The van der Waals surface area contributed by atoms with Crippen LogP contribution >= 0.6 is 23.4 Å². The molecule has 1 aromatic carbocycles. The third-order valence-corrected chi connectivity index (χ3v) is 2.58. The van der Waals surface area contributed by atoms with E-state index in [-0.39, 0.29) is 0 Å². The molecule has 1 rings (SSSR count). The zero-order valence-electron chi connectivity index (χ0n) is 6.25. The predicted octanol–water partition coefficient (Wildman–Crippen LogP) is 3.88. The Bertz CT molecular complexity index is 241. The number of rotatable bonds is 2. The molecular formula is C9H9ClS. The molecule has 0 spiro atoms. The van der Waals surface area contributed by atoms with Crippen LogP contribution in [0.25, 0.3) is 0 Å². The van der Waals surface area contributed by atoms with Gasteiger partial charge < -0.3 is 0 Å². The van der Waals surface area contributed by atoms with Crippen LogP contribution in [0.1, 0.15) is 6.92 Å². The Labute approximate surface area is 76.3 Å². The van der Waals surface area contributed by atoms with Crippen molar-refractivity contribution in [1.82, 2.24) is 0 Å². The van der Waals surface area contributed by atoms with Crippen molar-refractivity contribution >= 4 is 23.4 Å². The standard InChI is InChI=1S/C9H9ClS/c1-8(7-10)11-9-5-3-2-4-6-9/h2-7H,1H3/b8-7-. The highest BCUT2D eigenvalue weighted by molar-refractivity contribution is 8.03. The van der Waals surface area contributed by atoms with E-state index in [4.69, 9.17) is 11.6 Å².